The van der Waals surface area contributed by atoms with E-state index in [1.807, 2.05) is 11.8 Å². The molecule has 0 spiro atoms. The van der Waals surface area contributed by atoms with E-state index in [0.717, 1.165) is 17.4 Å². The molecule has 2 rings (SSSR count). The van der Waals surface area contributed by atoms with Crippen molar-refractivity contribution in [1.29, 1.82) is 0 Å². The quantitative estimate of drug-likeness (QED) is 0.852. The van der Waals surface area contributed by atoms with Crippen LogP contribution in [-0.2, 0) is 0 Å². The zero-order valence-electron chi connectivity index (χ0n) is 12.2. The van der Waals surface area contributed by atoms with Crippen molar-refractivity contribution in [2.24, 2.45) is 5.92 Å². The number of fused-ring (bicyclic) bond motifs is 1. The number of rotatable bonds is 6. The molecule has 0 aliphatic carbocycles. The van der Waals surface area contributed by atoms with E-state index in [2.05, 4.69) is 50.5 Å². The van der Waals surface area contributed by atoms with Crippen LogP contribution in [0, 0.1) is 5.92 Å². The normalized spacial score (nSPS) is 19.9. The summed E-state index contributed by atoms with van der Waals surface area (Å²) in [5.41, 5.74) is 0. The number of likely N-dealkylation sites (N-methyl/N-ethyl adjacent to an activating group) is 1. The minimum absolute atomic E-state index is 0.289. The average Bonchev–Trinajstić information content (AvgIpc) is 2.43. The minimum Gasteiger partial charge on any atom is -0.487 e. The molecular formula is C16H25NOS. The molecule has 1 aromatic carbocycles. The second-order valence-electron chi connectivity index (χ2n) is 5.63. The van der Waals surface area contributed by atoms with Gasteiger partial charge in [0.15, 0.2) is 0 Å². The van der Waals surface area contributed by atoms with Crippen LogP contribution in [0.5, 0.6) is 5.75 Å². The molecule has 19 heavy (non-hydrogen) atoms. The van der Waals surface area contributed by atoms with Gasteiger partial charge in [0.2, 0.25) is 0 Å². The van der Waals surface area contributed by atoms with Crippen molar-refractivity contribution in [2.75, 3.05) is 12.8 Å². The number of benzene rings is 1. The van der Waals surface area contributed by atoms with Gasteiger partial charge in [-0.3, -0.25) is 0 Å². The third kappa shape index (κ3) is 4.15. The van der Waals surface area contributed by atoms with E-state index < -0.39 is 0 Å². The molecule has 0 bridgehead atoms. The summed E-state index contributed by atoms with van der Waals surface area (Å²) in [6.45, 7) is 4.58. The lowest BCUT2D eigenvalue weighted by Crippen LogP contribution is -2.44. The van der Waals surface area contributed by atoms with E-state index >= 15 is 0 Å². The standard InChI is InChI=1S/C16H25NOS/c1-12(2)7-6-8-13(17-3)15-11-19-16-10-5-4-9-14(16)18-15/h4-5,9-10,12-13,15,17H,6-8,11H2,1-3H3. The topological polar surface area (TPSA) is 21.3 Å². The molecule has 0 amide bonds. The predicted octanol–water partition coefficient (Wildman–Crippen LogP) is 3.95. The van der Waals surface area contributed by atoms with E-state index in [-0.39, 0.29) is 6.10 Å². The van der Waals surface area contributed by atoms with Crippen molar-refractivity contribution in [3.05, 3.63) is 24.3 Å². The monoisotopic (exact) mass is 279 g/mol. The Labute approximate surface area is 121 Å². The number of thioether (sulfide) groups is 1. The molecule has 0 fully saturated rings. The molecule has 1 aromatic rings. The Morgan fingerprint density at radius 2 is 2.11 bits per heavy atom. The Bertz CT molecular complexity index is 394. The molecule has 2 atom stereocenters. The molecule has 2 nitrogen and oxygen atoms in total. The second-order valence-corrected chi connectivity index (χ2v) is 6.70. The van der Waals surface area contributed by atoms with Crippen molar-refractivity contribution in [2.45, 2.75) is 50.2 Å². The molecule has 1 aliphatic heterocycles. The fourth-order valence-corrected chi connectivity index (χ4v) is 3.57. The summed E-state index contributed by atoms with van der Waals surface area (Å²) in [5.74, 6) is 2.89. The highest BCUT2D eigenvalue weighted by molar-refractivity contribution is 7.99. The van der Waals surface area contributed by atoms with Crippen LogP contribution in [0.15, 0.2) is 29.2 Å². The van der Waals surface area contributed by atoms with Crippen LogP contribution in [0.2, 0.25) is 0 Å². The van der Waals surface area contributed by atoms with Crippen molar-refractivity contribution in [3.63, 3.8) is 0 Å². The maximum atomic E-state index is 6.16. The third-order valence-electron chi connectivity index (χ3n) is 3.65. The molecule has 2 unspecified atom stereocenters. The summed E-state index contributed by atoms with van der Waals surface area (Å²) in [7, 11) is 2.05. The van der Waals surface area contributed by atoms with E-state index in [1.54, 1.807) is 0 Å². The molecule has 0 radical (unpaired) electrons. The Morgan fingerprint density at radius 1 is 1.32 bits per heavy atom. The lowest BCUT2D eigenvalue weighted by Gasteiger charge is -2.31. The number of hydrogen-bond acceptors (Lipinski definition) is 3. The van der Waals surface area contributed by atoms with Crippen LogP contribution in [-0.4, -0.2) is 24.9 Å². The summed E-state index contributed by atoms with van der Waals surface area (Å²) in [5, 5.41) is 3.44. The maximum absolute atomic E-state index is 6.16. The molecule has 1 aliphatic rings. The average molecular weight is 279 g/mol. The summed E-state index contributed by atoms with van der Waals surface area (Å²) in [6, 6.07) is 8.81. The van der Waals surface area contributed by atoms with Gasteiger partial charge in [-0.15, -0.1) is 11.8 Å². The first kappa shape index (κ1) is 14.7. The van der Waals surface area contributed by atoms with Gasteiger partial charge in [-0.25, -0.2) is 0 Å². The zero-order valence-corrected chi connectivity index (χ0v) is 13.0. The summed E-state index contributed by atoms with van der Waals surface area (Å²) in [6.07, 6.45) is 4.06. The van der Waals surface area contributed by atoms with Gasteiger partial charge in [-0.05, 0) is 31.5 Å². The Hall–Kier alpha value is -0.670. The Morgan fingerprint density at radius 3 is 2.84 bits per heavy atom. The Kier molecular flexibility index (Phi) is 5.59. The van der Waals surface area contributed by atoms with E-state index in [1.165, 1.54) is 24.2 Å². The zero-order chi connectivity index (χ0) is 13.7. The van der Waals surface area contributed by atoms with E-state index in [0.29, 0.717) is 6.04 Å². The minimum atomic E-state index is 0.289. The molecule has 3 heteroatoms. The predicted molar refractivity (Wildman–Crippen MR) is 83.1 cm³/mol. The van der Waals surface area contributed by atoms with Crippen molar-refractivity contribution in [3.8, 4) is 5.75 Å². The molecule has 0 aromatic heterocycles. The highest BCUT2D eigenvalue weighted by atomic mass is 32.2. The Balaban J connectivity index is 1.90. The maximum Gasteiger partial charge on any atom is 0.133 e. The first-order chi connectivity index (χ1) is 9.20. The molecule has 0 saturated heterocycles. The fraction of sp³-hybridized carbons (Fsp3) is 0.625. The number of ether oxygens (including phenoxy) is 1. The molecule has 1 heterocycles. The number of para-hydroxylation sites is 1. The summed E-state index contributed by atoms with van der Waals surface area (Å²) < 4.78 is 6.16. The van der Waals surface area contributed by atoms with Gasteiger partial charge in [0.1, 0.15) is 11.9 Å². The first-order valence-electron chi connectivity index (χ1n) is 7.26. The fourth-order valence-electron chi connectivity index (χ4n) is 2.50. The molecule has 106 valence electrons. The van der Waals surface area contributed by atoms with Crippen molar-refractivity contribution in [1.82, 2.24) is 5.32 Å². The van der Waals surface area contributed by atoms with Gasteiger partial charge < -0.3 is 10.1 Å². The lowest BCUT2D eigenvalue weighted by molar-refractivity contribution is 0.162. The van der Waals surface area contributed by atoms with Crippen LogP contribution < -0.4 is 10.1 Å². The molecular weight excluding hydrogens is 254 g/mol. The van der Waals surface area contributed by atoms with E-state index in [9.17, 15) is 0 Å². The van der Waals surface area contributed by atoms with Gasteiger partial charge in [0.05, 0.1) is 0 Å². The highest BCUT2D eigenvalue weighted by Gasteiger charge is 2.26. The number of hydrogen-bond donors (Lipinski definition) is 1. The van der Waals surface area contributed by atoms with Gasteiger partial charge >= 0.3 is 0 Å². The largest absolute Gasteiger partial charge is 0.487 e. The third-order valence-corrected chi connectivity index (χ3v) is 4.79. The van der Waals surface area contributed by atoms with Gasteiger partial charge in [0, 0.05) is 16.7 Å². The van der Waals surface area contributed by atoms with Crippen LogP contribution in [0.1, 0.15) is 33.1 Å². The summed E-state index contributed by atoms with van der Waals surface area (Å²) in [4.78, 5) is 1.27. The van der Waals surface area contributed by atoms with Gasteiger partial charge in [-0.2, -0.15) is 0 Å². The van der Waals surface area contributed by atoms with Crippen LogP contribution in [0.3, 0.4) is 0 Å². The number of nitrogens with one attached hydrogen (secondary N) is 1. The summed E-state index contributed by atoms with van der Waals surface area (Å²) >= 11 is 1.92. The van der Waals surface area contributed by atoms with Crippen molar-refractivity contribution >= 4 is 11.8 Å². The smallest absolute Gasteiger partial charge is 0.133 e. The molecule has 0 saturated carbocycles. The molecule has 1 N–H and O–H groups in total. The van der Waals surface area contributed by atoms with Crippen molar-refractivity contribution < 1.29 is 4.74 Å². The van der Waals surface area contributed by atoms with E-state index in [4.69, 9.17) is 4.74 Å². The van der Waals surface area contributed by atoms with Gasteiger partial charge in [0.25, 0.3) is 0 Å². The first-order valence-corrected chi connectivity index (χ1v) is 8.25. The van der Waals surface area contributed by atoms with Crippen LogP contribution in [0.25, 0.3) is 0 Å². The van der Waals surface area contributed by atoms with Crippen LogP contribution in [0.4, 0.5) is 0 Å². The van der Waals surface area contributed by atoms with Gasteiger partial charge in [-0.1, -0.05) is 38.8 Å². The SMILES string of the molecule is CNC(CCCC(C)C)C1CSc2ccccc2O1. The van der Waals surface area contributed by atoms with Crippen LogP contribution >= 0.6 is 11.8 Å². The lowest BCUT2D eigenvalue weighted by atomic mass is 10.0. The highest BCUT2D eigenvalue weighted by Crippen LogP contribution is 2.36. The second kappa shape index (κ2) is 7.20.